The molecule has 0 radical (unpaired) electrons. The van der Waals surface area contributed by atoms with Gasteiger partial charge in [-0.1, -0.05) is 29.3 Å². The fraction of sp³-hybridized carbons (Fsp3) is 0.500. The van der Waals surface area contributed by atoms with Crippen molar-refractivity contribution in [3.8, 4) is 0 Å². The molecular formula is C14H19Cl2N3O. The van der Waals surface area contributed by atoms with Crippen molar-refractivity contribution in [1.29, 1.82) is 0 Å². The Bertz CT molecular complexity index is 461. The van der Waals surface area contributed by atoms with Gasteiger partial charge in [0.1, 0.15) is 0 Å². The molecule has 1 aromatic rings. The monoisotopic (exact) mass is 315 g/mol. The number of anilines is 1. The first-order valence-corrected chi connectivity index (χ1v) is 7.53. The van der Waals surface area contributed by atoms with Crippen molar-refractivity contribution in [3.05, 3.63) is 28.2 Å². The second-order valence-electron chi connectivity index (χ2n) is 5.10. The van der Waals surface area contributed by atoms with E-state index in [0.717, 1.165) is 25.9 Å². The third-order valence-electron chi connectivity index (χ3n) is 3.42. The van der Waals surface area contributed by atoms with Crippen LogP contribution in [0.3, 0.4) is 0 Å². The second-order valence-corrected chi connectivity index (χ2v) is 5.91. The zero-order valence-corrected chi connectivity index (χ0v) is 12.8. The minimum atomic E-state index is -0.0841. The summed E-state index contributed by atoms with van der Waals surface area (Å²) in [5.41, 5.74) is 6.40. The van der Waals surface area contributed by atoms with E-state index >= 15 is 0 Å². The lowest BCUT2D eigenvalue weighted by Gasteiger charge is -2.30. The normalized spacial score (nSPS) is 19.9. The Kier molecular flexibility index (Phi) is 5.66. The third-order valence-corrected chi connectivity index (χ3v) is 4.05. The van der Waals surface area contributed by atoms with E-state index in [9.17, 15) is 4.79 Å². The molecule has 0 bridgehead atoms. The molecule has 1 fully saturated rings. The summed E-state index contributed by atoms with van der Waals surface area (Å²) < 4.78 is 0. The summed E-state index contributed by atoms with van der Waals surface area (Å²) >= 11 is 12.0. The van der Waals surface area contributed by atoms with E-state index in [0.29, 0.717) is 28.7 Å². The molecule has 1 heterocycles. The number of benzene rings is 1. The number of piperidine rings is 1. The smallest absolute Gasteiger partial charge is 0.225 e. The zero-order valence-electron chi connectivity index (χ0n) is 11.2. The molecule has 0 aromatic heterocycles. The van der Waals surface area contributed by atoms with E-state index in [4.69, 9.17) is 28.9 Å². The molecule has 1 aliphatic rings. The van der Waals surface area contributed by atoms with Gasteiger partial charge in [-0.2, -0.15) is 0 Å². The molecule has 0 saturated carbocycles. The number of carbonyl (C=O) groups excluding carboxylic acids is 1. The van der Waals surface area contributed by atoms with E-state index in [2.05, 4.69) is 10.2 Å². The zero-order chi connectivity index (χ0) is 14.5. The van der Waals surface area contributed by atoms with Crippen LogP contribution in [0.5, 0.6) is 0 Å². The van der Waals surface area contributed by atoms with E-state index in [1.54, 1.807) is 18.2 Å². The first-order valence-electron chi connectivity index (χ1n) is 6.78. The van der Waals surface area contributed by atoms with Crippen LogP contribution in [-0.2, 0) is 4.79 Å². The standard InChI is InChI=1S/C14H19Cl2N3O/c15-11-4-1-5-12(16)14(11)18-13(20)6-8-19-7-2-3-10(17)9-19/h1,4-5,10H,2-3,6-9,17H2,(H,18,20)/t10-/m1/s1. The highest BCUT2D eigenvalue weighted by atomic mass is 35.5. The van der Waals surface area contributed by atoms with E-state index in [-0.39, 0.29) is 11.9 Å². The Morgan fingerprint density at radius 2 is 2.10 bits per heavy atom. The van der Waals surface area contributed by atoms with Crippen molar-refractivity contribution in [3.63, 3.8) is 0 Å². The maximum atomic E-state index is 12.0. The van der Waals surface area contributed by atoms with Gasteiger partial charge in [-0.25, -0.2) is 0 Å². The number of amides is 1. The summed E-state index contributed by atoms with van der Waals surface area (Å²) in [6.07, 6.45) is 2.57. The van der Waals surface area contributed by atoms with Gasteiger partial charge < -0.3 is 16.0 Å². The molecule has 1 aliphatic heterocycles. The van der Waals surface area contributed by atoms with Crippen molar-refractivity contribution in [2.45, 2.75) is 25.3 Å². The van der Waals surface area contributed by atoms with Gasteiger partial charge in [0, 0.05) is 25.6 Å². The number of nitrogens with one attached hydrogen (secondary N) is 1. The fourth-order valence-electron chi connectivity index (χ4n) is 2.37. The van der Waals surface area contributed by atoms with Gasteiger partial charge in [0.25, 0.3) is 0 Å². The van der Waals surface area contributed by atoms with Crippen LogP contribution < -0.4 is 11.1 Å². The highest BCUT2D eigenvalue weighted by Gasteiger charge is 2.17. The van der Waals surface area contributed by atoms with Crippen molar-refractivity contribution in [1.82, 2.24) is 4.90 Å². The molecule has 3 N–H and O–H groups in total. The summed E-state index contributed by atoms with van der Waals surface area (Å²) in [5.74, 6) is -0.0841. The number of hydrogen-bond acceptors (Lipinski definition) is 3. The Morgan fingerprint density at radius 3 is 2.75 bits per heavy atom. The molecular weight excluding hydrogens is 297 g/mol. The number of hydrogen-bond donors (Lipinski definition) is 2. The van der Waals surface area contributed by atoms with Gasteiger partial charge >= 0.3 is 0 Å². The minimum absolute atomic E-state index is 0.0841. The quantitative estimate of drug-likeness (QED) is 0.898. The van der Waals surface area contributed by atoms with Crippen LogP contribution in [0.25, 0.3) is 0 Å². The van der Waals surface area contributed by atoms with Crippen molar-refractivity contribution in [2.24, 2.45) is 5.73 Å². The van der Waals surface area contributed by atoms with Crippen LogP contribution in [-0.4, -0.2) is 36.5 Å². The molecule has 4 nitrogen and oxygen atoms in total. The first kappa shape index (κ1) is 15.6. The molecule has 1 atom stereocenters. The van der Waals surface area contributed by atoms with Gasteiger partial charge in [0.2, 0.25) is 5.91 Å². The number of nitrogens with two attached hydrogens (primary N) is 1. The number of carbonyl (C=O) groups is 1. The lowest BCUT2D eigenvalue weighted by molar-refractivity contribution is -0.116. The van der Waals surface area contributed by atoms with Gasteiger partial charge in [-0.15, -0.1) is 0 Å². The predicted octanol–water partition coefficient (Wildman–Crippen LogP) is 2.75. The van der Waals surface area contributed by atoms with Gasteiger partial charge in [-0.3, -0.25) is 4.79 Å². The van der Waals surface area contributed by atoms with Crippen LogP contribution in [0.4, 0.5) is 5.69 Å². The average Bonchev–Trinajstić information content (AvgIpc) is 2.41. The number of para-hydroxylation sites is 1. The molecule has 1 amide bonds. The van der Waals surface area contributed by atoms with Crippen LogP contribution in [0, 0.1) is 0 Å². The molecule has 0 aliphatic carbocycles. The number of halogens is 2. The fourth-order valence-corrected chi connectivity index (χ4v) is 2.87. The average molecular weight is 316 g/mol. The molecule has 0 unspecified atom stereocenters. The lowest BCUT2D eigenvalue weighted by Crippen LogP contribution is -2.43. The topological polar surface area (TPSA) is 58.4 Å². The Balaban J connectivity index is 1.83. The van der Waals surface area contributed by atoms with Gasteiger partial charge in [-0.05, 0) is 31.5 Å². The number of rotatable bonds is 4. The van der Waals surface area contributed by atoms with Crippen LogP contribution in [0.1, 0.15) is 19.3 Å². The SMILES string of the molecule is N[C@@H]1CCCN(CCC(=O)Nc2c(Cl)cccc2Cl)C1. The lowest BCUT2D eigenvalue weighted by atomic mass is 10.1. The molecule has 6 heteroatoms. The summed E-state index contributed by atoms with van der Waals surface area (Å²) in [6.45, 7) is 2.58. The Morgan fingerprint density at radius 1 is 1.40 bits per heavy atom. The summed E-state index contributed by atoms with van der Waals surface area (Å²) in [7, 11) is 0. The van der Waals surface area contributed by atoms with Crippen molar-refractivity contribution < 1.29 is 4.79 Å². The van der Waals surface area contributed by atoms with Crippen molar-refractivity contribution in [2.75, 3.05) is 25.0 Å². The van der Waals surface area contributed by atoms with Crippen LogP contribution >= 0.6 is 23.2 Å². The largest absolute Gasteiger partial charge is 0.327 e. The minimum Gasteiger partial charge on any atom is -0.327 e. The molecule has 2 rings (SSSR count). The molecule has 20 heavy (non-hydrogen) atoms. The van der Waals surface area contributed by atoms with E-state index in [1.807, 2.05) is 0 Å². The highest BCUT2D eigenvalue weighted by Crippen LogP contribution is 2.29. The Hall–Kier alpha value is -0.810. The van der Waals surface area contributed by atoms with E-state index < -0.39 is 0 Å². The third kappa shape index (κ3) is 4.35. The Labute approximate surface area is 129 Å². The van der Waals surface area contributed by atoms with Gasteiger partial charge in [0.05, 0.1) is 15.7 Å². The second kappa shape index (κ2) is 7.27. The van der Waals surface area contributed by atoms with Crippen LogP contribution in [0.15, 0.2) is 18.2 Å². The van der Waals surface area contributed by atoms with Crippen LogP contribution in [0.2, 0.25) is 10.0 Å². The molecule has 1 aromatic carbocycles. The summed E-state index contributed by atoms with van der Waals surface area (Å²) in [6, 6.07) is 5.37. The van der Waals surface area contributed by atoms with E-state index in [1.165, 1.54) is 0 Å². The summed E-state index contributed by atoms with van der Waals surface area (Å²) in [4.78, 5) is 14.2. The van der Waals surface area contributed by atoms with Crippen molar-refractivity contribution >= 4 is 34.8 Å². The van der Waals surface area contributed by atoms with Gasteiger partial charge in [0.15, 0.2) is 0 Å². The molecule has 1 saturated heterocycles. The molecule has 110 valence electrons. The first-order chi connectivity index (χ1) is 9.56. The maximum absolute atomic E-state index is 12.0. The highest BCUT2D eigenvalue weighted by molar-refractivity contribution is 6.39. The molecule has 0 spiro atoms. The maximum Gasteiger partial charge on any atom is 0.225 e. The summed E-state index contributed by atoms with van der Waals surface area (Å²) in [5, 5.41) is 3.67. The number of likely N-dealkylation sites (tertiary alicyclic amines) is 1. The number of nitrogens with zero attached hydrogens (tertiary/aromatic N) is 1. The predicted molar refractivity (Wildman–Crippen MR) is 83.4 cm³/mol.